The predicted molar refractivity (Wildman–Crippen MR) is 93.8 cm³/mol. The Kier molecular flexibility index (Phi) is 7.02. The van der Waals surface area contributed by atoms with Crippen molar-refractivity contribution in [2.24, 2.45) is 5.73 Å². The van der Waals surface area contributed by atoms with Gasteiger partial charge in [0, 0.05) is 23.3 Å². The molecule has 1 amide bonds. The van der Waals surface area contributed by atoms with E-state index in [1.54, 1.807) is 6.07 Å². The van der Waals surface area contributed by atoms with E-state index >= 15 is 0 Å². The zero-order valence-corrected chi connectivity index (χ0v) is 14.6. The Labute approximate surface area is 149 Å². The molecule has 0 aliphatic heterocycles. The Morgan fingerprint density at radius 3 is 2.95 bits per heavy atom. The summed E-state index contributed by atoms with van der Waals surface area (Å²) >= 11 is 7.43. The first-order valence-electron chi connectivity index (χ1n) is 6.28. The minimum atomic E-state index is -0.271. The largest absolute Gasteiger partial charge is 0.327 e. The van der Waals surface area contributed by atoms with E-state index in [1.165, 1.54) is 28.6 Å². The van der Waals surface area contributed by atoms with Crippen LogP contribution >= 0.6 is 47.8 Å². The molecule has 22 heavy (non-hydrogen) atoms. The number of pyridine rings is 1. The van der Waals surface area contributed by atoms with Gasteiger partial charge in [0.05, 0.1) is 16.3 Å². The highest BCUT2D eigenvalue weighted by molar-refractivity contribution is 7.15. The average Bonchev–Trinajstić information content (AvgIpc) is 2.80. The molecule has 0 saturated carbocycles. The molecule has 3 N–H and O–H groups in total. The maximum absolute atomic E-state index is 12.1. The molecule has 1 atom stereocenters. The molecule has 0 bridgehead atoms. The van der Waals surface area contributed by atoms with Gasteiger partial charge in [-0.1, -0.05) is 11.6 Å². The number of hydrogen-bond donors (Lipinski definition) is 2. The van der Waals surface area contributed by atoms with Gasteiger partial charge in [-0.15, -0.1) is 36.2 Å². The first kappa shape index (κ1) is 19.1. The number of hydrogen-bond acceptors (Lipinski definition) is 5. The second kappa shape index (κ2) is 8.08. The zero-order valence-electron chi connectivity index (χ0n) is 11.4. The maximum Gasteiger partial charge on any atom is 0.259 e. The summed E-state index contributed by atoms with van der Waals surface area (Å²) in [5.74, 6) is -0.271. The molecule has 0 aromatic carbocycles. The lowest BCUT2D eigenvalue weighted by Gasteiger charge is -2.15. The number of aryl methyl sites for hydroxylation is 1. The Hall–Kier alpha value is -0.920. The Balaban J connectivity index is 0.00000121. The fourth-order valence-corrected chi connectivity index (χ4v) is 3.48. The molecule has 1 aliphatic rings. The summed E-state index contributed by atoms with van der Waals surface area (Å²) < 4.78 is 0. The van der Waals surface area contributed by atoms with Crippen molar-refractivity contribution < 1.29 is 4.79 Å². The number of carbonyl (C=O) groups is 1. The number of nitrogens with two attached hydrogens (primary N) is 1. The molecule has 9 heteroatoms. The normalized spacial score (nSPS) is 16.0. The number of amides is 1. The van der Waals surface area contributed by atoms with Crippen LogP contribution < -0.4 is 11.1 Å². The van der Waals surface area contributed by atoms with Gasteiger partial charge >= 0.3 is 0 Å². The number of nitrogens with one attached hydrogen (secondary N) is 1. The lowest BCUT2D eigenvalue weighted by atomic mass is 9.99. The third-order valence-corrected chi connectivity index (χ3v) is 4.55. The molecule has 0 fully saturated rings. The highest BCUT2D eigenvalue weighted by atomic mass is 35.5. The number of rotatable bonds is 2. The van der Waals surface area contributed by atoms with Crippen LogP contribution in [0.2, 0.25) is 5.02 Å². The van der Waals surface area contributed by atoms with E-state index in [2.05, 4.69) is 15.3 Å². The van der Waals surface area contributed by atoms with Gasteiger partial charge in [0.2, 0.25) is 0 Å². The van der Waals surface area contributed by atoms with Crippen LogP contribution in [0, 0.1) is 0 Å². The van der Waals surface area contributed by atoms with Crippen molar-refractivity contribution in [1.82, 2.24) is 9.97 Å². The van der Waals surface area contributed by atoms with Crippen LogP contribution in [-0.2, 0) is 12.8 Å². The SMILES string of the molecule is Cl.Cl.N[C@H]1CCc2nc(NC(=O)c3ccncc3Cl)sc2C1. The van der Waals surface area contributed by atoms with E-state index in [0.29, 0.717) is 15.7 Å². The van der Waals surface area contributed by atoms with Crippen LogP contribution in [0.3, 0.4) is 0 Å². The minimum absolute atomic E-state index is 0. The fraction of sp³-hybridized carbons (Fsp3) is 0.308. The summed E-state index contributed by atoms with van der Waals surface area (Å²) in [4.78, 5) is 21.6. The van der Waals surface area contributed by atoms with Crippen molar-refractivity contribution in [3.63, 3.8) is 0 Å². The molecule has 0 spiro atoms. The number of anilines is 1. The van der Waals surface area contributed by atoms with Crippen LogP contribution in [0.1, 0.15) is 27.3 Å². The van der Waals surface area contributed by atoms with Gasteiger partial charge in [-0.25, -0.2) is 4.98 Å². The summed E-state index contributed by atoms with van der Waals surface area (Å²) in [7, 11) is 0. The van der Waals surface area contributed by atoms with Crippen molar-refractivity contribution in [2.45, 2.75) is 25.3 Å². The van der Waals surface area contributed by atoms with E-state index in [0.717, 1.165) is 25.0 Å². The summed E-state index contributed by atoms with van der Waals surface area (Å²) in [5, 5.41) is 3.71. The zero-order chi connectivity index (χ0) is 14.1. The van der Waals surface area contributed by atoms with Crippen LogP contribution in [0.15, 0.2) is 18.5 Å². The molecular formula is C13H15Cl3N4OS. The standard InChI is InChI=1S/C13H13ClN4OS.2ClH/c14-9-6-16-4-3-8(9)12(19)18-13-17-10-2-1-7(15)5-11(10)20-13;;/h3-4,6-7H,1-2,5,15H2,(H,17,18,19);2*1H/t7-;;/m0../s1. The monoisotopic (exact) mass is 380 g/mol. The van der Waals surface area contributed by atoms with Crippen LogP contribution in [0.5, 0.6) is 0 Å². The summed E-state index contributed by atoms with van der Waals surface area (Å²) in [6.07, 6.45) is 5.63. The van der Waals surface area contributed by atoms with Gasteiger partial charge in [0.15, 0.2) is 5.13 Å². The highest BCUT2D eigenvalue weighted by Gasteiger charge is 2.21. The molecular weight excluding hydrogens is 367 g/mol. The molecule has 2 aromatic heterocycles. The molecule has 0 unspecified atom stereocenters. The molecule has 2 heterocycles. The Bertz CT molecular complexity index is 664. The van der Waals surface area contributed by atoms with Gasteiger partial charge in [0.25, 0.3) is 5.91 Å². The first-order chi connectivity index (χ1) is 9.63. The number of nitrogens with zero attached hydrogens (tertiary/aromatic N) is 2. The second-order valence-electron chi connectivity index (χ2n) is 4.70. The molecule has 1 aliphatic carbocycles. The van der Waals surface area contributed by atoms with Crippen molar-refractivity contribution in [2.75, 3.05) is 5.32 Å². The van der Waals surface area contributed by atoms with E-state index in [4.69, 9.17) is 17.3 Å². The number of thiazole rings is 1. The van der Waals surface area contributed by atoms with E-state index in [1.807, 2.05) is 0 Å². The topological polar surface area (TPSA) is 80.9 Å². The smallest absolute Gasteiger partial charge is 0.259 e. The van der Waals surface area contributed by atoms with Gasteiger partial charge in [0.1, 0.15) is 0 Å². The third-order valence-electron chi connectivity index (χ3n) is 3.22. The molecule has 3 rings (SSSR count). The average molecular weight is 382 g/mol. The summed E-state index contributed by atoms with van der Waals surface area (Å²) in [6.45, 7) is 0. The van der Waals surface area contributed by atoms with E-state index in [9.17, 15) is 4.79 Å². The molecule has 5 nitrogen and oxygen atoms in total. The summed E-state index contributed by atoms with van der Waals surface area (Å²) in [6, 6.07) is 1.78. The Morgan fingerprint density at radius 1 is 1.45 bits per heavy atom. The van der Waals surface area contributed by atoms with E-state index in [-0.39, 0.29) is 36.8 Å². The van der Waals surface area contributed by atoms with Gasteiger partial charge in [-0.2, -0.15) is 0 Å². The Morgan fingerprint density at radius 2 is 2.23 bits per heavy atom. The number of fused-ring (bicyclic) bond motifs is 1. The van der Waals surface area contributed by atoms with Crippen LogP contribution in [0.25, 0.3) is 0 Å². The maximum atomic E-state index is 12.1. The van der Waals surface area contributed by atoms with Crippen molar-refractivity contribution in [3.05, 3.63) is 39.6 Å². The van der Waals surface area contributed by atoms with Crippen molar-refractivity contribution >= 4 is 58.8 Å². The van der Waals surface area contributed by atoms with Crippen LogP contribution in [0.4, 0.5) is 5.13 Å². The lowest BCUT2D eigenvalue weighted by molar-refractivity contribution is 0.102. The molecule has 0 saturated heterocycles. The number of aromatic nitrogens is 2. The van der Waals surface area contributed by atoms with Crippen molar-refractivity contribution in [1.29, 1.82) is 0 Å². The molecule has 2 aromatic rings. The highest BCUT2D eigenvalue weighted by Crippen LogP contribution is 2.29. The minimum Gasteiger partial charge on any atom is -0.327 e. The van der Waals surface area contributed by atoms with Gasteiger partial charge in [-0.05, 0) is 25.3 Å². The van der Waals surface area contributed by atoms with Crippen LogP contribution in [-0.4, -0.2) is 21.9 Å². The van der Waals surface area contributed by atoms with Crippen molar-refractivity contribution in [3.8, 4) is 0 Å². The first-order valence-corrected chi connectivity index (χ1v) is 7.48. The van der Waals surface area contributed by atoms with E-state index < -0.39 is 0 Å². The second-order valence-corrected chi connectivity index (χ2v) is 6.19. The summed E-state index contributed by atoms with van der Waals surface area (Å²) in [5.41, 5.74) is 7.38. The third kappa shape index (κ3) is 4.08. The molecule has 120 valence electrons. The van der Waals surface area contributed by atoms with Gasteiger partial charge in [-0.3, -0.25) is 15.1 Å². The number of halogens is 3. The predicted octanol–water partition coefficient (Wildman–Crippen LogP) is 3.10. The van der Waals surface area contributed by atoms with Gasteiger partial charge < -0.3 is 5.73 Å². The molecule has 0 radical (unpaired) electrons. The lowest BCUT2D eigenvalue weighted by Crippen LogP contribution is -2.27. The fourth-order valence-electron chi connectivity index (χ4n) is 2.18. The quantitative estimate of drug-likeness (QED) is 0.837. The number of carbonyl (C=O) groups excluding carboxylic acids is 1.